The summed E-state index contributed by atoms with van der Waals surface area (Å²) in [7, 11) is 0. The lowest BCUT2D eigenvalue weighted by Crippen LogP contribution is -2.07. The summed E-state index contributed by atoms with van der Waals surface area (Å²) in [6.07, 6.45) is 0.700. The van der Waals surface area contributed by atoms with E-state index in [1.165, 1.54) is 6.07 Å². The Balaban J connectivity index is 2.08. The van der Waals surface area contributed by atoms with Gasteiger partial charge >= 0.3 is 5.69 Å². The first kappa shape index (κ1) is 14.8. The van der Waals surface area contributed by atoms with Gasteiger partial charge in [0, 0.05) is 11.6 Å². The second-order valence-electron chi connectivity index (χ2n) is 4.37. The van der Waals surface area contributed by atoms with Crippen LogP contribution in [-0.2, 0) is 6.42 Å². The Hall–Kier alpha value is -2.58. The van der Waals surface area contributed by atoms with Gasteiger partial charge in [-0.2, -0.15) is 5.26 Å². The van der Waals surface area contributed by atoms with Gasteiger partial charge in [0.2, 0.25) is 0 Å². The number of para-hydroxylation sites is 1. The molecule has 0 saturated carbocycles. The van der Waals surface area contributed by atoms with Crippen LogP contribution in [0.25, 0.3) is 0 Å². The van der Waals surface area contributed by atoms with Crippen molar-refractivity contribution in [3.05, 3.63) is 68.7 Å². The summed E-state index contributed by atoms with van der Waals surface area (Å²) in [5, 5.41) is 23.7. The second-order valence-corrected chi connectivity index (χ2v) is 4.81. The Labute approximate surface area is 126 Å². The number of nitro groups is 1. The highest BCUT2D eigenvalue weighted by Crippen LogP contribution is 2.27. The van der Waals surface area contributed by atoms with Gasteiger partial charge in [0.1, 0.15) is 17.3 Å². The van der Waals surface area contributed by atoms with Crippen molar-refractivity contribution in [2.45, 2.75) is 6.42 Å². The summed E-state index contributed by atoms with van der Waals surface area (Å²) in [5.74, 6) is 0. The van der Waals surface area contributed by atoms with E-state index in [1.807, 2.05) is 18.2 Å². The summed E-state index contributed by atoms with van der Waals surface area (Å²) >= 11 is 5.81. The molecule has 2 aromatic carbocycles. The highest BCUT2D eigenvalue weighted by Gasteiger charge is 2.18. The van der Waals surface area contributed by atoms with Crippen molar-refractivity contribution in [2.75, 3.05) is 11.9 Å². The molecule has 5 nitrogen and oxygen atoms in total. The molecule has 0 aliphatic carbocycles. The van der Waals surface area contributed by atoms with Crippen molar-refractivity contribution in [1.82, 2.24) is 0 Å². The van der Waals surface area contributed by atoms with Crippen molar-refractivity contribution < 1.29 is 4.92 Å². The van der Waals surface area contributed by atoms with Crippen LogP contribution in [0.4, 0.5) is 11.4 Å². The third kappa shape index (κ3) is 3.71. The fourth-order valence-electron chi connectivity index (χ4n) is 1.97. The molecule has 0 radical (unpaired) electrons. The molecule has 0 fully saturated rings. The van der Waals surface area contributed by atoms with Crippen LogP contribution >= 0.6 is 11.6 Å². The first-order valence-electron chi connectivity index (χ1n) is 6.27. The number of nitriles is 1. The summed E-state index contributed by atoms with van der Waals surface area (Å²) < 4.78 is 0. The summed E-state index contributed by atoms with van der Waals surface area (Å²) in [6, 6.07) is 13.9. The molecule has 0 bridgehead atoms. The monoisotopic (exact) mass is 301 g/mol. The molecule has 21 heavy (non-hydrogen) atoms. The molecule has 0 aliphatic rings. The summed E-state index contributed by atoms with van der Waals surface area (Å²) in [4.78, 5) is 10.5. The summed E-state index contributed by atoms with van der Waals surface area (Å²) in [6.45, 7) is 0.525. The number of benzene rings is 2. The Bertz CT molecular complexity index is 693. The van der Waals surface area contributed by atoms with Gasteiger partial charge in [-0.15, -0.1) is 0 Å². The molecule has 0 unspecified atom stereocenters. The van der Waals surface area contributed by atoms with Crippen LogP contribution in [0.2, 0.25) is 5.02 Å². The summed E-state index contributed by atoms with van der Waals surface area (Å²) in [5.41, 5.74) is 1.30. The number of halogens is 1. The first-order chi connectivity index (χ1) is 10.1. The zero-order valence-corrected chi connectivity index (χ0v) is 11.8. The second kappa shape index (κ2) is 6.73. The normalized spacial score (nSPS) is 9.90. The molecule has 0 heterocycles. The van der Waals surface area contributed by atoms with Crippen LogP contribution in [-0.4, -0.2) is 11.5 Å². The number of rotatable bonds is 5. The molecule has 2 aromatic rings. The van der Waals surface area contributed by atoms with Crippen molar-refractivity contribution in [3.63, 3.8) is 0 Å². The van der Waals surface area contributed by atoms with E-state index in [2.05, 4.69) is 5.32 Å². The highest BCUT2D eigenvalue weighted by molar-refractivity contribution is 6.30. The van der Waals surface area contributed by atoms with E-state index in [1.54, 1.807) is 24.3 Å². The number of nitrogens with one attached hydrogen (secondary N) is 1. The minimum Gasteiger partial charge on any atom is -0.379 e. The van der Waals surface area contributed by atoms with Gasteiger partial charge in [0.05, 0.1) is 4.92 Å². The Morgan fingerprint density at radius 3 is 2.57 bits per heavy atom. The van der Waals surface area contributed by atoms with Gasteiger partial charge in [0.15, 0.2) is 0 Å². The molecular weight excluding hydrogens is 290 g/mol. The number of anilines is 1. The van der Waals surface area contributed by atoms with Gasteiger partial charge < -0.3 is 5.32 Å². The lowest BCUT2D eigenvalue weighted by molar-refractivity contribution is -0.384. The van der Waals surface area contributed by atoms with Crippen LogP contribution in [0.15, 0.2) is 42.5 Å². The predicted octanol–water partition coefficient (Wildman–Crippen LogP) is 3.77. The molecule has 0 amide bonds. The molecule has 0 aromatic heterocycles. The van der Waals surface area contributed by atoms with E-state index >= 15 is 0 Å². The standard InChI is InChI=1S/C15H12ClN3O2/c16-13-6-4-11(5-7-13)8-9-18-14-3-1-2-12(10-17)15(14)19(20)21/h1-7,18H,8-9H2. The maximum atomic E-state index is 11.1. The van der Waals surface area contributed by atoms with Gasteiger partial charge in [-0.05, 0) is 36.2 Å². The molecule has 0 saturated heterocycles. The fourth-order valence-corrected chi connectivity index (χ4v) is 2.09. The quantitative estimate of drug-likeness (QED) is 0.673. The molecule has 2 rings (SSSR count). The molecule has 6 heteroatoms. The van der Waals surface area contributed by atoms with Crippen LogP contribution < -0.4 is 5.32 Å². The van der Waals surface area contributed by atoms with Gasteiger partial charge in [-0.3, -0.25) is 10.1 Å². The van der Waals surface area contributed by atoms with E-state index in [0.29, 0.717) is 23.7 Å². The van der Waals surface area contributed by atoms with Crippen LogP contribution in [0.5, 0.6) is 0 Å². The minimum atomic E-state index is -0.539. The zero-order valence-electron chi connectivity index (χ0n) is 11.0. The van der Waals surface area contributed by atoms with E-state index in [9.17, 15) is 10.1 Å². The lowest BCUT2D eigenvalue weighted by Gasteiger charge is -2.08. The number of hydrogen-bond acceptors (Lipinski definition) is 4. The minimum absolute atomic E-state index is 0.0523. The molecule has 1 N–H and O–H groups in total. The fraction of sp³-hybridized carbons (Fsp3) is 0.133. The Kier molecular flexibility index (Phi) is 4.75. The largest absolute Gasteiger partial charge is 0.379 e. The van der Waals surface area contributed by atoms with Crippen LogP contribution in [0, 0.1) is 21.4 Å². The average molecular weight is 302 g/mol. The van der Waals surface area contributed by atoms with Crippen molar-refractivity contribution >= 4 is 23.0 Å². The maximum absolute atomic E-state index is 11.1. The molecule has 0 atom stereocenters. The highest BCUT2D eigenvalue weighted by atomic mass is 35.5. The van der Waals surface area contributed by atoms with Crippen molar-refractivity contribution in [1.29, 1.82) is 5.26 Å². The zero-order chi connectivity index (χ0) is 15.2. The van der Waals surface area contributed by atoms with Crippen LogP contribution in [0.1, 0.15) is 11.1 Å². The Morgan fingerprint density at radius 1 is 1.24 bits per heavy atom. The first-order valence-corrected chi connectivity index (χ1v) is 6.65. The molecular formula is C15H12ClN3O2. The average Bonchev–Trinajstić information content (AvgIpc) is 2.48. The number of nitrogens with zero attached hydrogens (tertiary/aromatic N) is 2. The van der Waals surface area contributed by atoms with Gasteiger partial charge in [-0.25, -0.2) is 0 Å². The van der Waals surface area contributed by atoms with Crippen LogP contribution in [0.3, 0.4) is 0 Å². The maximum Gasteiger partial charge on any atom is 0.309 e. The SMILES string of the molecule is N#Cc1cccc(NCCc2ccc(Cl)cc2)c1[N+](=O)[O-]. The van der Waals surface area contributed by atoms with Crippen molar-refractivity contribution in [2.24, 2.45) is 0 Å². The van der Waals surface area contributed by atoms with E-state index in [0.717, 1.165) is 5.56 Å². The third-order valence-electron chi connectivity index (χ3n) is 2.98. The van der Waals surface area contributed by atoms with Gasteiger partial charge in [-0.1, -0.05) is 29.8 Å². The lowest BCUT2D eigenvalue weighted by atomic mass is 10.1. The smallest absolute Gasteiger partial charge is 0.309 e. The van der Waals surface area contributed by atoms with Gasteiger partial charge in [0.25, 0.3) is 0 Å². The number of nitro benzene ring substituents is 1. The van der Waals surface area contributed by atoms with E-state index in [-0.39, 0.29) is 11.3 Å². The molecule has 0 spiro atoms. The van der Waals surface area contributed by atoms with E-state index in [4.69, 9.17) is 16.9 Å². The molecule has 0 aliphatic heterocycles. The van der Waals surface area contributed by atoms with E-state index < -0.39 is 4.92 Å². The topological polar surface area (TPSA) is 79.0 Å². The van der Waals surface area contributed by atoms with Crippen molar-refractivity contribution in [3.8, 4) is 6.07 Å². The molecule has 106 valence electrons. The third-order valence-corrected chi connectivity index (χ3v) is 3.23. The predicted molar refractivity (Wildman–Crippen MR) is 81.5 cm³/mol. The Morgan fingerprint density at radius 2 is 1.95 bits per heavy atom. The number of hydrogen-bond donors (Lipinski definition) is 1.